The van der Waals surface area contributed by atoms with Gasteiger partial charge in [0.05, 0.1) is 12.2 Å². The van der Waals surface area contributed by atoms with Crippen molar-refractivity contribution >= 4 is 18.1 Å². The molecule has 5 nitrogen and oxygen atoms in total. The van der Waals surface area contributed by atoms with E-state index in [2.05, 4.69) is 26.9 Å². The number of rotatable bonds is 2. The van der Waals surface area contributed by atoms with Crippen LogP contribution in [-0.4, -0.2) is 29.7 Å². The van der Waals surface area contributed by atoms with Crippen LogP contribution in [0.4, 0.5) is 5.82 Å². The zero-order chi connectivity index (χ0) is 12.0. The lowest BCUT2D eigenvalue weighted by Gasteiger charge is -2.15. The van der Waals surface area contributed by atoms with Crippen molar-refractivity contribution in [3.63, 3.8) is 0 Å². The number of aromatic nitrogens is 2. The molecule has 0 aromatic carbocycles. The zero-order valence-corrected chi connectivity index (χ0v) is 9.97. The van der Waals surface area contributed by atoms with E-state index >= 15 is 0 Å². The van der Waals surface area contributed by atoms with Crippen molar-refractivity contribution in [1.29, 1.82) is 0 Å². The van der Waals surface area contributed by atoms with Crippen LogP contribution in [0.3, 0.4) is 0 Å². The van der Waals surface area contributed by atoms with E-state index in [1.165, 1.54) is 0 Å². The highest BCUT2D eigenvalue weighted by molar-refractivity contribution is 5.71. The maximum Gasteiger partial charge on any atom is 0.152 e. The van der Waals surface area contributed by atoms with Gasteiger partial charge >= 0.3 is 0 Å². The molecule has 0 aliphatic carbocycles. The van der Waals surface area contributed by atoms with Crippen LogP contribution in [0.2, 0.25) is 0 Å². The average molecular weight is 222 g/mol. The average Bonchev–Trinajstić information content (AvgIpc) is 2.74. The minimum absolute atomic E-state index is 0.218. The number of methoxy groups -OCH3 is 1. The summed E-state index contributed by atoms with van der Waals surface area (Å²) in [6, 6.07) is 0.218. The summed E-state index contributed by atoms with van der Waals surface area (Å²) in [6.07, 6.45) is 5.35. The van der Waals surface area contributed by atoms with Crippen molar-refractivity contribution in [3.8, 4) is 0 Å². The summed E-state index contributed by atoms with van der Waals surface area (Å²) in [6.45, 7) is 8.50. The maximum atomic E-state index is 4.54. The van der Waals surface area contributed by atoms with Gasteiger partial charge in [0.15, 0.2) is 5.82 Å². The Hall–Kier alpha value is -1.62. The summed E-state index contributed by atoms with van der Waals surface area (Å²) in [4.78, 5) is 0. The number of nitrogens with zero attached hydrogens (tertiary/aromatic N) is 3. The first-order chi connectivity index (χ1) is 7.74. The van der Waals surface area contributed by atoms with Gasteiger partial charge in [0.25, 0.3) is 0 Å². The molecule has 1 aromatic heterocycles. The van der Waals surface area contributed by atoms with Crippen LogP contribution in [0, 0.1) is 0 Å². The minimum Gasteiger partial charge on any atom is -0.385 e. The number of ether oxygens (including phenoxy) is 1. The lowest BCUT2D eigenvalue weighted by Crippen LogP contribution is -2.16. The van der Waals surface area contributed by atoms with E-state index in [4.69, 9.17) is 0 Å². The molecule has 0 bridgehead atoms. The standard InChI is InChI=1S/C8H10N4.C3H8O/c1-3-7-5-10-12-6(2)4-9-11-8(7)12;1-3-4-2/h3-6,11H,1H2,2H3;3H2,1-2H3. The second-order valence-corrected chi connectivity index (χ2v) is 3.31. The fourth-order valence-corrected chi connectivity index (χ4v) is 1.22. The number of anilines is 1. The van der Waals surface area contributed by atoms with Gasteiger partial charge in [0.1, 0.15) is 0 Å². The summed E-state index contributed by atoms with van der Waals surface area (Å²) < 4.78 is 6.42. The molecule has 0 saturated carbocycles. The largest absolute Gasteiger partial charge is 0.385 e. The van der Waals surface area contributed by atoms with Crippen LogP contribution in [0.5, 0.6) is 0 Å². The Balaban J connectivity index is 0.000000280. The van der Waals surface area contributed by atoms with Gasteiger partial charge in [-0.1, -0.05) is 12.7 Å². The van der Waals surface area contributed by atoms with Crippen molar-refractivity contribution in [2.75, 3.05) is 19.1 Å². The van der Waals surface area contributed by atoms with Crippen molar-refractivity contribution in [3.05, 3.63) is 18.3 Å². The molecule has 2 heterocycles. The minimum atomic E-state index is 0.218. The molecule has 2 rings (SSSR count). The predicted octanol–water partition coefficient (Wildman–Crippen LogP) is 2.15. The Bertz CT molecular complexity index is 368. The second kappa shape index (κ2) is 6.07. The fourth-order valence-electron chi connectivity index (χ4n) is 1.22. The van der Waals surface area contributed by atoms with Gasteiger partial charge in [-0.15, -0.1) is 0 Å². The fraction of sp³-hybridized carbons (Fsp3) is 0.455. The normalized spacial score (nSPS) is 16.8. The number of hydrogen-bond donors (Lipinski definition) is 1. The van der Waals surface area contributed by atoms with Crippen LogP contribution in [0.25, 0.3) is 6.08 Å². The number of hydrogen-bond acceptors (Lipinski definition) is 4. The van der Waals surface area contributed by atoms with Crippen molar-refractivity contribution < 1.29 is 4.74 Å². The summed E-state index contributed by atoms with van der Waals surface area (Å²) in [5.41, 5.74) is 3.88. The first-order valence-electron chi connectivity index (χ1n) is 5.22. The van der Waals surface area contributed by atoms with Crippen molar-refractivity contribution in [2.24, 2.45) is 5.10 Å². The van der Waals surface area contributed by atoms with Gasteiger partial charge < -0.3 is 4.74 Å². The lowest BCUT2D eigenvalue weighted by atomic mass is 10.3. The lowest BCUT2D eigenvalue weighted by molar-refractivity contribution is 0.215. The van der Waals surface area contributed by atoms with E-state index in [0.717, 1.165) is 18.0 Å². The number of nitrogens with one attached hydrogen (secondary N) is 1. The molecule has 1 unspecified atom stereocenters. The van der Waals surface area contributed by atoms with Crippen molar-refractivity contribution in [1.82, 2.24) is 9.78 Å². The number of hydrazone groups is 1. The van der Waals surface area contributed by atoms with Gasteiger partial charge in [-0.05, 0) is 13.8 Å². The molecule has 1 N–H and O–H groups in total. The van der Waals surface area contributed by atoms with E-state index in [-0.39, 0.29) is 6.04 Å². The van der Waals surface area contributed by atoms with Crippen LogP contribution in [-0.2, 0) is 4.74 Å². The van der Waals surface area contributed by atoms with Gasteiger partial charge in [-0.25, -0.2) is 4.68 Å². The molecule has 0 amide bonds. The molecule has 0 fully saturated rings. The summed E-state index contributed by atoms with van der Waals surface area (Å²) >= 11 is 0. The second-order valence-electron chi connectivity index (χ2n) is 3.31. The van der Waals surface area contributed by atoms with E-state index in [0.29, 0.717) is 0 Å². The van der Waals surface area contributed by atoms with Crippen LogP contribution >= 0.6 is 0 Å². The highest BCUT2D eigenvalue weighted by Crippen LogP contribution is 2.22. The van der Waals surface area contributed by atoms with E-state index < -0.39 is 0 Å². The Morgan fingerprint density at radius 1 is 1.69 bits per heavy atom. The third-order valence-electron chi connectivity index (χ3n) is 2.18. The predicted molar refractivity (Wildman–Crippen MR) is 66.7 cm³/mol. The molecule has 0 radical (unpaired) electrons. The SMILES string of the molecule is C=Cc1cnn2c1NN=CC2C.CCOC. The Labute approximate surface area is 95.8 Å². The third kappa shape index (κ3) is 2.70. The molecular weight excluding hydrogens is 204 g/mol. The molecular formula is C11H18N4O. The molecule has 1 atom stereocenters. The maximum absolute atomic E-state index is 4.54. The van der Waals surface area contributed by atoms with E-state index in [9.17, 15) is 0 Å². The van der Waals surface area contributed by atoms with E-state index in [1.54, 1.807) is 19.4 Å². The molecule has 5 heteroatoms. The van der Waals surface area contributed by atoms with E-state index in [1.807, 2.05) is 24.7 Å². The van der Waals surface area contributed by atoms with Crippen LogP contribution in [0.15, 0.2) is 17.9 Å². The smallest absolute Gasteiger partial charge is 0.152 e. The monoisotopic (exact) mass is 222 g/mol. The van der Waals surface area contributed by atoms with Gasteiger partial charge in [0.2, 0.25) is 0 Å². The molecule has 88 valence electrons. The Morgan fingerprint density at radius 2 is 2.38 bits per heavy atom. The van der Waals surface area contributed by atoms with Crippen molar-refractivity contribution in [2.45, 2.75) is 19.9 Å². The zero-order valence-electron chi connectivity index (χ0n) is 9.97. The third-order valence-corrected chi connectivity index (χ3v) is 2.18. The molecule has 1 aromatic rings. The van der Waals surface area contributed by atoms with Gasteiger partial charge in [-0.3, -0.25) is 5.43 Å². The first kappa shape index (κ1) is 12.4. The number of fused-ring (bicyclic) bond motifs is 1. The molecule has 0 spiro atoms. The molecule has 1 aliphatic heterocycles. The molecule has 16 heavy (non-hydrogen) atoms. The summed E-state index contributed by atoms with van der Waals surface area (Å²) in [7, 11) is 1.68. The highest BCUT2D eigenvalue weighted by atomic mass is 16.5. The Kier molecular flexibility index (Phi) is 4.72. The quantitative estimate of drug-likeness (QED) is 0.834. The first-order valence-corrected chi connectivity index (χ1v) is 5.22. The van der Waals surface area contributed by atoms with Gasteiger partial charge in [0, 0.05) is 25.5 Å². The highest BCUT2D eigenvalue weighted by Gasteiger charge is 2.14. The Morgan fingerprint density at radius 3 is 2.94 bits per heavy atom. The summed E-state index contributed by atoms with van der Waals surface area (Å²) in [5, 5.41) is 8.20. The topological polar surface area (TPSA) is 51.4 Å². The van der Waals surface area contributed by atoms with Crippen LogP contribution < -0.4 is 5.43 Å². The molecule has 1 aliphatic rings. The van der Waals surface area contributed by atoms with Gasteiger partial charge in [-0.2, -0.15) is 10.2 Å². The summed E-state index contributed by atoms with van der Waals surface area (Å²) in [5.74, 6) is 0.917. The van der Waals surface area contributed by atoms with Crippen LogP contribution in [0.1, 0.15) is 25.5 Å². The molecule has 0 saturated heterocycles.